The maximum atomic E-state index is 14.4. The van der Waals surface area contributed by atoms with Crippen LogP contribution in [0, 0.1) is 12.7 Å². The summed E-state index contributed by atoms with van der Waals surface area (Å²) in [6.07, 6.45) is 5.59. The molecule has 0 radical (unpaired) electrons. The molecule has 2 heterocycles. The van der Waals surface area contributed by atoms with Gasteiger partial charge in [-0.05, 0) is 43.4 Å². The molecule has 0 unspecified atom stereocenters. The van der Waals surface area contributed by atoms with E-state index in [9.17, 15) is 9.18 Å². The van der Waals surface area contributed by atoms with Crippen LogP contribution in [0.2, 0.25) is 0 Å². The van der Waals surface area contributed by atoms with Crippen molar-refractivity contribution in [2.45, 2.75) is 45.1 Å². The Kier molecular flexibility index (Phi) is 5.03. The molecule has 0 saturated heterocycles. The van der Waals surface area contributed by atoms with E-state index in [-0.39, 0.29) is 11.7 Å². The van der Waals surface area contributed by atoms with Crippen LogP contribution in [0.1, 0.15) is 62.7 Å². The summed E-state index contributed by atoms with van der Waals surface area (Å²) in [6.45, 7) is 1.66. The molecule has 0 fully saturated rings. The first kappa shape index (κ1) is 17.9. The summed E-state index contributed by atoms with van der Waals surface area (Å²) >= 11 is 1.53. The number of hydrogen-bond acceptors (Lipinski definition) is 5. The van der Waals surface area contributed by atoms with Gasteiger partial charge in [0.25, 0.3) is 5.91 Å². The average molecular weight is 385 g/mol. The number of halogens is 1. The van der Waals surface area contributed by atoms with Crippen molar-refractivity contribution in [3.8, 4) is 0 Å². The number of rotatable bonds is 4. The standard InChI is InChI=1S/C20H20FN3O2S/c1-12-22-19(24-26-12)18(14-8-5-6-9-15(14)21)23-20(25)17-11-13-7-3-2-4-10-16(13)27-17/h5-6,8-9,11,18H,2-4,7,10H2,1H3,(H,23,25)/t18-/m1/s1. The molecule has 4 rings (SSSR count). The maximum Gasteiger partial charge on any atom is 0.262 e. The van der Waals surface area contributed by atoms with Gasteiger partial charge in [0.15, 0.2) is 5.82 Å². The van der Waals surface area contributed by atoms with E-state index in [2.05, 4.69) is 15.5 Å². The predicted octanol–water partition coefficient (Wildman–Crippen LogP) is 4.37. The lowest BCUT2D eigenvalue weighted by atomic mass is 10.1. The van der Waals surface area contributed by atoms with Gasteiger partial charge in [0, 0.05) is 17.4 Å². The largest absolute Gasteiger partial charge is 0.340 e. The smallest absolute Gasteiger partial charge is 0.262 e. The van der Waals surface area contributed by atoms with E-state index < -0.39 is 11.9 Å². The van der Waals surface area contributed by atoms with Crippen molar-refractivity contribution in [2.75, 3.05) is 0 Å². The second-order valence-corrected chi connectivity index (χ2v) is 7.86. The number of amides is 1. The van der Waals surface area contributed by atoms with E-state index >= 15 is 0 Å². The third-order valence-electron chi connectivity index (χ3n) is 4.76. The molecule has 0 bridgehead atoms. The first-order valence-corrected chi connectivity index (χ1v) is 9.90. The summed E-state index contributed by atoms with van der Waals surface area (Å²) in [6, 6.07) is 7.47. The lowest BCUT2D eigenvalue weighted by Gasteiger charge is -2.16. The molecule has 140 valence electrons. The number of carbonyl (C=O) groups is 1. The minimum Gasteiger partial charge on any atom is -0.340 e. The molecule has 1 amide bonds. The van der Waals surface area contributed by atoms with Crippen LogP contribution in [0.15, 0.2) is 34.9 Å². The zero-order valence-electron chi connectivity index (χ0n) is 15.0. The Morgan fingerprint density at radius 1 is 1.26 bits per heavy atom. The molecule has 5 nitrogen and oxygen atoms in total. The minimum absolute atomic E-state index is 0.240. The van der Waals surface area contributed by atoms with Gasteiger partial charge in [0.1, 0.15) is 11.9 Å². The Morgan fingerprint density at radius 3 is 2.85 bits per heavy atom. The normalized spacial score (nSPS) is 15.0. The van der Waals surface area contributed by atoms with E-state index in [0.717, 1.165) is 25.7 Å². The topological polar surface area (TPSA) is 68.0 Å². The van der Waals surface area contributed by atoms with Crippen molar-refractivity contribution in [2.24, 2.45) is 0 Å². The molecule has 0 saturated carbocycles. The van der Waals surface area contributed by atoms with Gasteiger partial charge >= 0.3 is 0 Å². The SMILES string of the molecule is Cc1nc([C@H](NC(=O)c2cc3c(s2)CCCCC3)c2ccccc2F)no1. The molecule has 27 heavy (non-hydrogen) atoms. The fourth-order valence-corrected chi connectivity index (χ4v) is 4.56. The third-order valence-corrected chi connectivity index (χ3v) is 6.00. The van der Waals surface area contributed by atoms with Gasteiger partial charge in [-0.2, -0.15) is 4.98 Å². The van der Waals surface area contributed by atoms with Crippen LogP contribution in [0.25, 0.3) is 0 Å². The molecule has 1 N–H and O–H groups in total. The quantitative estimate of drug-likeness (QED) is 0.677. The monoisotopic (exact) mass is 385 g/mol. The highest BCUT2D eigenvalue weighted by Crippen LogP contribution is 2.30. The maximum absolute atomic E-state index is 14.4. The third kappa shape index (κ3) is 3.78. The van der Waals surface area contributed by atoms with Crippen molar-refractivity contribution < 1.29 is 13.7 Å². The molecular formula is C20H20FN3O2S. The highest BCUT2D eigenvalue weighted by Gasteiger charge is 2.26. The molecule has 0 spiro atoms. The zero-order chi connectivity index (χ0) is 18.8. The fraction of sp³-hybridized carbons (Fsp3) is 0.350. The molecule has 1 atom stereocenters. The van der Waals surface area contributed by atoms with Crippen molar-refractivity contribution >= 4 is 17.2 Å². The summed E-state index contributed by atoms with van der Waals surface area (Å²) < 4.78 is 19.4. The summed E-state index contributed by atoms with van der Waals surface area (Å²) in [5.41, 5.74) is 1.57. The van der Waals surface area contributed by atoms with Gasteiger partial charge in [-0.1, -0.05) is 29.8 Å². The molecule has 1 aromatic carbocycles. The van der Waals surface area contributed by atoms with Gasteiger partial charge in [0.2, 0.25) is 5.89 Å². The lowest BCUT2D eigenvalue weighted by molar-refractivity contribution is 0.0944. The fourth-order valence-electron chi connectivity index (χ4n) is 3.40. The van der Waals surface area contributed by atoms with E-state index in [4.69, 9.17) is 4.52 Å². The number of hydrogen-bond donors (Lipinski definition) is 1. The Bertz CT molecular complexity index is 942. The molecule has 3 aromatic rings. The van der Waals surface area contributed by atoms with Crippen LogP contribution in [-0.2, 0) is 12.8 Å². The average Bonchev–Trinajstić information content (AvgIpc) is 3.21. The van der Waals surface area contributed by atoms with Crippen molar-refractivity contribution in [1.29, 1.82) is 0 Å². The van der Waals surface area contributed by atoms with Crippen LogP contribution in [0.3, 0.4) is 0 Å². The number of fused-ring (bicyclic) bond motifs is 1. The first-order chi connectivity index (χ1) is 13.1. The second-order valence-electron chi connectivity index (χ2n) is 6.72. The van der Waals surface area contributed by atoms with Crippen molar-refractivity contribution in [3.63, 3.8) is 0 Å². The van der Waals surface area contributed by atoms with Crippen molar-refractivity contribution in [3.05, 3.63) is 68.7 Å². The van der Waals surface area contributed by atoms with Crippen LogP contribution >= 0.6 is 11.3 Å². The number of aryl methyl sites for hydroxylation is 3. The summed E-state index contributed by atoms with van der Waals surface area (Å²) in [5, 5.41) is 6.79. The predicted molar refractivity (Wildman–Crippen MR) is 100 cm³/mol. The highest BCUT2D eigenvalue weighted by atomic mass is 32.1. The number of nitrogens with one attached hydrogen (secondary N) is 1. The van der Waals surface area contributed by atoms with Gasteiger partial charge in [0.05, 0.1) is 4.88 Å². The summed E-state index contributed by atoms with van der Waals surface area (Å²) in [5.74, 6) is -0.0662. The van der Waals surface area contributed by atoms with Gasteiger partial charge < -0.3 is 9.84 Å². The highest BCUT2D eigenvalue weighted by molar-refractivity contribution is 7.14. The number of benzene rings is 1. The van der Waals surface area contributed by atoms with Crippen LogP contribution in [0.4, 0.5) is 4.39 Å². The van der Waals surface area contributed by atoms with E-state index in [0.29, 0.717) is 16.3 Å². The van der Waals surface area contributed by atoms with Crippen LogP contribution in [-0.4, -0.2) is 16.0 Å². The summed E-state index contributed by atoms with van der Waals surface area (Å²) in [4.78, 5) is 19.0. The van der Waals surface area contributed by atoms with E-state index in [1.54, 1.807) is 25.1 Å². The molecule has 0 aliphatic heterocycles. The Labute approximate surface area is 160 Å². The number of thiophene rings is 1. The number of carbonyl (C=O) groups excluding carboxylic acids is 1. The van der Waals surface area contributed by atoms with Crippen LogP contribution < -0.4 is 5.32 Å². The lowest BCUT2D eigenvalue weighted by Crippen LogP contribution is -2.30. The Morgan fingerprint density at radius 2 is 2.07 bits per heavy atom. The minimum atomic E-state index is -0.807. The molecular weight excluding hydrogens is 365 g/mol. The van der Waals surface area contributed by atoms with Crippen LogP contribution in [0.5, 0.6) is 0 Å². The van der Waals surface area contributed by atoms with Gasteiger partial charge in [-0.3, -0.25) is 4.79 Å². The Balaban J connectivity index is 1.64. The molecule has 7 heteroatoms. The van der Waals surface area contributed by atoms with Crippen molar-refractivity contribution in [1.82, 2.24) is 15.5 Å². The molecule has 1 aliphatic carbocycles. The number of nitrogens with zero attached hydrogens (tertiary/aromatic N) is 2. The van der Waals surface area contributed by atoms with E-state index in [1.165, 1.54) is 34.3 Å². The second kappa shape index (κ2) is 7.60. The molecule has 1 aliphatic rings. The van der Waals surface area contributed by atoms with Gasteiger partial charge in [-0.25, -0.2) is 4.39 Å². The zero-order valence-corrected chi connectivity index (χ0v) is 15.8. The van der Waals surface area contributed by atoms with E-state index in [1.807, 2.05) is 6.07 Å². The molecule has 2 aromatic heterocycles. The number of aromatic nitrogens is 2. The Hall–Kier alpha value is -2.54. The first-order valence-electron chi connectivity index (χ1n) is 9.09. The van der Waals surface area contributed by atoms with Gasteiger partial charge in [-0.15, -0.1) is 11.3 Å². The summed E-state index contributed by atoms with van der Waals surface area (Å²) in [7, 11) is 0.